The van der Waals surface area contributed by atoms with Crippen LogP contribution >= 0.6 is 11.3 Å². The first-order chi connectivity index (χ1) is 9.20. The molecular formula is C14H12N2O2S. The molecule has 0 aliphatic carbocycles. The van der Waals surface area contributed by atoms with Crippen LogP contribution in [0.15, 0.2) is 36.4 Å². The number of fused-ring (bicyclic) bond motifs is 1. The molecule has 0 unspecified atom stereocenters. The Balaban J connectivity index is 2.27. The van der Waals surface area contributed by atoms with Crippen LogP contribution < -0.4 is 0 Å². The van der Waals surface area contributed by atoms with Crippen LogP contribution in [0.3, 0.4) is 0 Å². The summed E-state index contributed by atoms with van der Waals surface area (Å²) in [6.45, 7) is 2.73. The van der Waals surface area contributed by atoms with Crippen LogP contribution in [0.25, 0.3) is 21.5 Å². The summed E-state index contributed by atoms with van der Waals surface area (Å²) >= 11 is 1.27. The molecule has 5 heteroatoms. The zero-order chi connectivity index (χ0) is 13.4. The van der Waals surface area contributed by atoms with Crippen LogP contribution in [-0.2, 0) is 6.54 Å². The standard InChI is InChI=1S/C14H12N2O2S/c1-2-16-13-10(8-11(19-13)14(17)18)12(15-16)9-6-4-3-5-7-9/h3-8H,2H2,1H3,(H,17,18). The van der Waals surface area contributed by atoms with E-state index in [1.54, 1.807) is 6.07 Å². The van der Waals surface area contributed by atoms with Crippen LogP contribution in [0.1, 0.15) is 16.6 Å². The number of benzene rings is 1. The Morgan fingerprint density at radius 1 is 1.37 bits per heavy atom. The average molecular weight is 272 g/mol. The Labute approximate surface area is 113 Å². The highest BCUT2D eigenvalue weighted by Crippen LogP contribution is 2.33. The summed E-state index contributed by atoms with van der Waals surface area (Å²) in [5, 5.41) is 14.6. The van der Waals surface area contributed by atoms with Crippen molar-refractivity contribution < 1.29 is 9.90 Å². The van der Waals surface area contributed by atoms with Gasteiger partial charge in [-0.2, -0.15) is 5.10 Å². The normalized spacial score (nSPS) is 11.0. The fourth-order valence-corrected chi connectivity index (χ4v) is 3.11. The number of hydrogen-bond acceptors (Lipinski definition) is 3. The van der Waals surface area contributed by atoms with Crippen molar-refractivity contribution >= 4 is 27.5 Å². The predicted octanol–water partition coefficient (Wildman–Crippen LogP) is 3.48. The van der Waals surface area contributed by atoms with E-state index >= 15 is 0 Å². The lowest BCUT2D eigenvalue weighted by Crippen LogP contribution is -1.96. The fourth-order valence-electron chi connectivity index (χ4n) is 2.09. The molecule has 0 fully saturated rings. The van der Waals surface area contributed by atoms with E-state index in [4.69, 9.17) is 5.11 Å². The summed E-state index contributed by atoms with van der Waals surface area (Å²) in [6, 6.07) is 11.5. The number of carbonyl (C=O) groups is 1. The van der Waals surface area contributed by atoms with E-state index in [0.29, 0.717) is 4.88 Å². The summed E-state index contributed by atoms with van der Waals surface area (Å²) in [5.74, 6) is -0.886. The monoisotopic (exact) mass is 272 g/mol. The number of carboxylic acids is 1. The van der Waals surface area contributed by atoms with Gasteiger partial charge in [0.25, 0.3) is 0 Å². The molecule has 1 aromatic carbocycles. The first-order valence-electron chi connectivity index (χ1n) is 5.99. The predicted molar refractivity (Wildman–Crippen MR) is 75.7 cm³/mol. The summed E-state index contributed by atoms with van der Waals surface area (Å²) in [7, 11) is 0. The van der Waals surface area contributed by atoms with Crippen molar-refractivity contribution in [2.45, 2.75) is 13.5 Å². The van der Waals surface area contributed by atoms with Crippen molar-refractivity contribution in [2.24, 2.45) is 0 Å². The van der Waals surface area contributed by atoms with Gasteiger partial charge in [0.05, 0.1) is 0 Å². The minimum absolute atomic E-state index is 0.354. The molecule has 96 valence electrons. The molecule has 0 saturated carbocycles. The van der Waals surface area contributed by atoms with Gasteiger partial charge in [-0.1, -0.05) is 30.3 Å². The molecule has 0 aliphatic rings. The zero-order valence-corrected chi connectivity index (χ0v) is 11.1. The van der Waals surface area contributed by atoms with Gasteiger partial charge in [0.1, 0.15) is 15.4 Å². The first kappa shape index (κ1) is 11.9. The van der Waals surface area contributed by atoms with Gasteiger partial charge in [0.15, 0.2) is 0 Å². The smallest absolute Gasteiger partial charge is 0.345 e. The number of aryl methyl sites for hydroxylation is 1. The van der Waals surface area contributed by atoms with Crippen LogP contribution in [0, 0.1) is 0 Å². The highest BCUT2D eigenvalue weighted by Gasteiger charge is 2.17. The van der Waals surface area contributed by atoms with Crippen LogP contribution in [0.4, 0.5) is 0 Å². The van der Waals surface area contributed by atoms with Crippen molar-refractivity contribution in [3.05, 3.63) is 41.3 Å². The van der Waals surface area contributed by atoms with Crippen LogP contribution in [0.5, 0.6) is 0 Å². The number of hydrogen-bond donors (Lipinski definition) is 1. The molecular weight excluding hydrogens is 260 g/mol. The third-order valence-corrected chi connectivity index (χ3v) is 4.12. The quantitative estimate of drug-likeness (QED) is 0.794. The van der Waals surface area contributed by atoms with E-state index < -0.39 is 5.97 Å². The Kier molecular flexibility index (Phi) is 2.83. The summed E-state index contributed by atoms with van der Waals surface area (Å²) in [6.07, 6.45) is 0. The minimum atomic E-state index is -0.886. The maximum Gasteiger partial charge on any atom is 0.345 e. The SMILES string of the molecule is CCn1nc(-c2ccccc2)c2cc(C(=O)O)sc21. The maximum absolute atomic E-state index is 11.1. The molecule has 1 N–H and O–H groups in total. The lowest BCUT2D eigenvalue weighted by Gasteiger charge is -1.97. The van der Waals surface area contributed by atoms with Crippen molar-refractivity contribution in [2.75, 3.05) is 0 Å². The fraction of sp³-hybridized carbons (Fsp3) is 0.143. The molecule has 0 amide bonds. The Bertz CT molecular complexity index is 743. The van der Waals surface area contributed by atoms with E-state index in [9.17, 15) is 4.79 Å². The molecule has 4 nitrogen and oxygen atoms in total. The Hall–Kier alpha value is -2.14. The van der Waals surface area contributed by atoms with Gasteiger partial charge in [0, 0.05) is 17.5 Å². The van der Waals surface area contributed by atoms with Gasteiger partial charge in [0.2, 0.25) is 0 Å². The number of nitrogens with zero attached hydrogens (tertiary/aromatic N) is 2. The van der Waals surface area contributed by atoms with Gasteiger partial charge in [-0.25, -0.2) is 4.79 Å². The average Bonchev–Trinajstić information content (AvgIpc) is 2.98. The summed E-state index contributed by atoms with van der Waals surface area (Å²) in [5.41, 5.74) is 1.86. The molecule has 0 spiro atoms. The second kappa shape index (κ2) is 4.51. The Morgan fingerprint density at radius 3 is 2.74 bits per heavy atom. The topological polar surface area (TPSA) is 55.1 Å². The number of aromatic carboxylic acids is 1. The highest BCUT2D eigenvalue weighted by molar-refractivity contribution is 7.20. The van der Waals surface area contributed by atoms with Gasteiger partial charge in [-0.3, -0.25) is 4.68 Å². The van der Waals surface area contributed by atoms with E-state index in [2.05, 4.69) is 5.10 Å². The third kappa shape index (κ3) is 1.92. The third-order valence-electron chi connectivity index (χ3n) is 2.98. The van der Waals surface area contributed by atoms with E-state index in [1.165, 1.54) is 11.3 Å². The lowest BCUT2D eigenvalue weighted by atomic mass is 10.1. The number of rotatable bonds is 3. The number of carboxylic acid groups (broad SMARTS) is 1. The molecule has 0 bridgehead atoms. The lowest BCUT2D eigenvalue weighted by molar-refractivity contribution is 0.0702. The van der Waals surface area contributed by atoms with E-state index in [0.717, 1.165) is 28.0 Å². The second-order valence-electron chi connectivity index (χ2n) is 4.17. The van der Waals surface area contributed by atoms with Gasteiger partial charge < -0.3 is 5.11 Å². The number of thiophene rings is 1. The molecule has 3 aromatic rings. The first-order valence-corrected chi connectivity index (χ1v) is 6.81. The number of aromatic nitrogens is 2. The van der Waals surface area contributed by atoms with Crippen LogP contribution in [0.2, 0.25) is 0 Å². The van der Waals surface area contributed by atoms with E-state index in [1.807, 2.05) is 41.9 Å². The van der Waals surface area contributed by atoms with E-state index in [-0.39, 0.29) is 0 Å². The molecule has 2 aromatic heterocycles. The molecule has 0 atom stereocenters. The molecule has 2 heterocycles. The molecule has 19 heavy (non-hydrogen) atoms. The molecule has 0 radical (unpaired) electrons. The molecule has 0 aliphatic heterocycles. The minimum Gasteiger partial charge on any atom is -0.477 e. The van der Waals surface area contributed by atoms with Crippen molar-refractivity contribution in [3.63, 3.8) is 0 Å². The van der Waals surface area contributed by atoms with Gasteiger partial charge >= 0.3 is 5.97 Å². The maximum atomic E-state index is 11.1. The van der Waals surface area contributed by atoms with Crippen molar-refractivity contribution in [1.29, 1.82) is 0 Å². The molecule has 0 saturated heterocycles. The Morgan fingerprint density at radius 2 is 2.11 bits per heavy atom. The van der Waals surface area contributed by atoms with Crippen LogP contribution in [-0.4, -0.2) is 20.9 Å². The van der Waals surface area contributed by atoms with Crippen molar-refractivity contribution in [3.8, 4) is 11.3 Å². The second-order valence-corrected chi connectivity index (χ2v) is 5.20. The van der Waals surface area contributed by atoms with Crippen molar-refractivity contribution in [1.82, 2.24) is 9.78 Å². The summed E-state index contributed by atoms with van der Waals surface area (Å²) < 4.78 is 1.86. The zero-order valence-electron chi connectivity index (χ0n) is 10.3. The highest BCUT2D eigenvalue weighted by atomic mass is 32.1. The van der Waals surface area contributed by atoms with Gasteiger partial charge in [-0.15, -0.1) is 11.3 Å². The molecule has 3 rings (SSSR count). The van der Waals surface area contributed by atoms with Gasteiger partial charge in [-0.05, 0) is 13.0 Å². The largest absolute Gasteiger partial charge is 0.477 e. The summed E-state index contributed by atoms with van der Waals surface area (Å²) in [4.78, 5) is 12.4.